The highest BCUT2D eigenvalue weighted by Gasteiger charge is 2.34. The Kier molecular flexibility index (Phi) is 4.22. The van der Waals surface area contributed by atoms with Gasteiger partial charge in [0.25, 0.3) is 0 Å². The summed E-state index contributed by atoms with van der Waals surface area (Å²) in [5, 5.41) is 3.34. The van der Waals surface area contributed by atoms with Gasteiger partial charge < -0.3 is 15.1 Å². The molecule has 0 radical (unpaired) electrons. The zero-order valence-electron chi connectivity index (χ0n) is 11.3. The second kappa shape index (κ2) is 5.69. The van der Waals surface area contributed by atoms with Gasteiger partial charge in [-0.05, 0) is 13.3 Å². The fourth-order valence-corrected chi connectivity index (χ4v) is 2.80. The van der Waals surface area contributed by atoms with E-state index in [0.717, 1.165) is 32.6 Å². The predicted molar refractivity (Wildman–Crippen MR) is 69.0 cm³/mol. The van der Waals surface area contributed by atoms with E-state index in [2.05, 4.69) is 12.2 Å². The molecule has 2 fully saturated rings. The topological polar surface area (TPSA) is 52.7 Å². The lowest BCUT2D eigenvalue weighted by Crippen LogP contribution is -2.53. The summed E-state index contributed by atoms with van der Waals surface area (Å²) in [6, 6.07) is 0.373. The summed E-state index contributed by atoms with van der Waals surface area (Å²) >= 11 is 0. The Morgan fingerprint density at radius 3 is 2.67 bits per heavy atom. The van der Waals surface area contributed by atoms with Gasteiger partial charge in [-0.25, -0.2) is 0 Å². The molecular formula is C13H23N3O2. The molecule has 5 nitrogen and oxygen atoms in total. The molecule has 1 unspecified atom stereocenters. The molecule has 2 rings (SSSR count). The van der Waals surface area contributed by atoms with Gasteiger partial charge in [0.05, 0.1) is 5.92 Å². The zero-order valence-corrected chi connectivity index (χ0v) is 11.3. The van der Waals surface area contributed by atoms with Gasteiger partial charge in [-0.3, -0.25) is 9.59 Å². The van der Waals surface area contributed by atoms with E-state index in [0.29, 0.717) is 19.0 Å². The van der Waals surface area contributed by atoms with Crippen molar-refractivity contribution in [1.82, 2.24) is 15.1 Å². The standard InChI is InChI=1S/C13H23N3O2/c1-3-12(17)15-6-4-11(9-15)13(18)16-7-5-14-10(2)8-16/h10-11,14H,3-9H2,1-2H3/t10-,11?/m1/s1. The summed E-state index contributed by atoms with van der Waals surface area (Å²) in [6.45, 7) is 7.78. The van der Waals surface area contributed by atoms with E-state index in [1.807, 2.05) is 16.7 Å². The summed E-state index contributed by atoms with van der Waals surface area (Å²) < 4.78 is 0. The fourth-order valence-electron chi connectivity index (χ4n) is 2.80. The smallest absolute Gasteiger partial charge is 0.227 e. The third-order valence-corrected chi connectivity index (χ3v) is 3.87. The zero-order chi connectivity index (χ0) is 13.1. The van der Waals surface area contributed by atoms with Crippen LogP contribution >= 0.6 is 0 Å². The lowest BCUT2D eigenvalue weighted by molar-refractivity contribution is -0.136. The Bertz CT molecular complexity index is 332. The van der Waals surface area contributed by atoms with Crippen LogP contribution in [0.5, 0.6) is 0 Å². The molecule has 2 heterocycles. The van der Waals surface area contributed by atoms with Crippen molar-refractivity contribution in [3.05, 3.63) is 0 Å². The van der Waals surface area contributed by atoms with Crippen molar-refractivity contribution in [2.24, 2.45) is 5.92 Å². The molecule has 0 saturated carbocycles. The summed E-state index contributed by atoms with van der Waals surface area (Å²) in [5.74, 6) is 0.416. The average Bonchev–Trinajstić information content (AvgIpc) is 2.86. The molecule has 5 heteroatoms. The van der Waals surface area contributed by atoms with E-state index in [9.17, 15) is 9.59 Å². The van der Waals surface area contributed by atoms with Gasteiger partial charge in [-0.15, -0.1) is 0 Å². The molecule has 0 aromatic heterocycles. The Balaban J connectivity index is 1.88. The molecule has 0 aromatic carbocycles. The van der Waals surface area contributed by atoms with Crippen LogP contribution in [-0.2, 0) is 9.59 Å². The molecule has 0 aromatic rings. The van der Waals surface area contributed by atoms with E-state index < -0.39 is 0 Å². The maximum absolute atomic E-state index is 12.4. The second-order valence-electron chi connectivity index (χ2n) is 5.32. The molecule has 18 heavy (non-hydrogen) atoms. The lowest BCUT2D eigenvalue weighted by atomic mass is 10.1. The van der Waals surface area contributed by atoms with Crippen molar-refractivity contribution < 1.29 is 9.59 Å². The monoisotopic (exact) mass is 253 g/mol. The van der Waals surface area contributed by atoms with E-state index >= 15 is 0 Å². The van der Waals surface area contributed by atoms with E-state index in [-0.39, 0.29) is 17.7 Å². The Labute approximate surface area is 108 Å². The number of hydrogen-bond acceptors (Lipinski definition) is 3. The molecule has 0 aliphatic carbocycles. The number of amides is 2. The summed E-state index contributed by atoms with van der Waals surface area (Å²) in [7, 11) is 0. The quantitative estimate of drug-likeness (QED) is 0.757. The van der Waals surface area contributed by atoms with Crippen LogP contribution in [0, 0.1) is 5.92 Å². The molecule has 102 valence electrons. The van der Waals surface area contributed by atoms with Crippen LogP contribution in [0.1, 0.15) is 26.7 Å². The minimum Gasteiger partial charge on any atom is -0.342 e. The molecular weight excluding hydrogens is 230 g/mol. The van der Waals surface area contributed by atoms with Crippen LogP contribution < -0.4 is 5.32 Å². The molecule has 2 amide bonds. The highest BCUT2D eigenvalue weighted by Crippen LogP contribution is 2.20. The molecule has 2 saturated heterocycles. The van der Waals surface area contributed by atoms with Crippen molar-refractivity contribution in [2.45, 2.75) is 32.7 Å². The number of carbonyl (C=O) groups is 2. The van der Waals surface area contributed by atoms with Gasteiger partial charge in [0.2, 0.25) is 11.8 Å². The maximum atomic E-state index is 12.4. The van der Waals surface area contributed by atoms with E-state index in [1.165, 1.54) is 0 Å². The molecule has 0 bridgehead atoms. The Morgan fingerprint density at radius 1 is 1.22 bits per heavy atom. The molecule has 0 spiro atoms. The first kappa shape index (κ1) is 13.3. The summed E-state index contributed by atoms with van der Waals surface area (Å²) in [4.78, 5) is 27.7. The van der Waals surface area contributed by atoms with Crippen LogP contribution in [0.15, 0.2) is 0 Å². The van der Waals surface area contributed by atoms with E-state index in [1.54, 1.807) is 0 Å². The Morgan fingerprint density at radius 2 is 2.00 bits per heavy atom. The van der Waals surface area contributed by atoms with Gasteiger partial charge in [0.1, 0.15) is 0 Å². The largest absolute Gasteiger partial charge is 0.342 e. The van der Waals surface area contributed by atoms with Crippen molar-refractivity contribution in [3.63, 3.8) is 0 Å². The number of carbonyl (C=O) groups excluding carboxylic acids is 2. The number of rotatable bonds is 2. The SMILES string of the molecule is CCC(=O)N1CCC(C(=O)N2CCN[C@H](C)C2)C1. The van der Waals surface area contributed by atoms with Crippen LogP contribution in [-0.4, -0.2) is 60.4 Å². The van der Waals surface area contributed by atoms with Crippen molar-refractivity contribution in [1.29, 1.82) is 0 Å². The first-order valence-electron chi connectivity index (χ1n) is 6.91. The van der Waals surface area contributed by atoms with Gasteiger partial charge in [-0.1, -0.05) is 6.92 Å². The normalized spacial score (nSPS) is 28.6. The third-order valence-electron chi connectivity index (χ3n) is 3.87. The average molecular weight is 253 g/mol. The van der Waals surface area contributed by atoms with Gasteiger partial charge in [-0.2, -0.15) is 0 Å². The van der Waals surface area contributed by atoms with Gasteiger partial charge in [0.15, 0.2) is 0 Å². The number of nitrogens with zero attached hydrogens (tertiary/aromatic N) is 2. The van der Waals surface area contributed by atoms with E-state index in [4.69, 9.17) is 0 Å². The van der Waals surface area contributed by atoms with Gasteiger partial charge >= 0.3 is 0 Å². The second-order valence-corrected chi connectivity index (χ2v) is 5.32. The minimum absolute atomic E-state index is 0.0193. The lowest BCUT2D eigenvalue weighted by Gasteiger charge is -2.33. The Hall–Kier alpha value is -1.10. The summed E-state index contributed by atoms with van der Waals surface area (Å²) in [5.41, 5.74) is 0. The molecule has 1 N–H and O–H groups in total. The first-order valence-corrected chi connectivity index (χ1v) is 6.91. The third kappa shape index (κ3) is 2.83. The minimum atomic E-state index is 0.0193. The number of hydrogen-bond donors (Lipinski definition) is 1. The van der Waals surface area contributed by atoms with Gasteiger partial charge in [0, 0.05) is 45.2 Å². The molecule has 2 aliphatic rings. The highest BCUT2D eigenvalue weighted by atomic mass is 16.2. The van der Waals surface area contributed by atoms with Crippen LogP contribution in [0.4, 0.5) is 0 Å². The highest BCUT2D eigenvalue weighted by molar-refractivity contribution is 5.82. The predicted octanol–water partition coefficient (Wildman–Crippen LogP) is 0.0652. The molecule has 2 aliphatic heterocycles. The van der Waals surface area contributed by atoms with Crippen LogP contribution in [0.2, 0.25) is 0 Å². The van der Waals surface area contributed by atoms with Crippen LogP contribution in [0.25, 0.3) is 0 Å². The fraction of sp³-hybridized carbons (Fsp3) is 0.846. The maximum Gasteiger partial charge on any atom is 0.227 e. The number of nitrogens with one attached hydrogen (secondary N) is 1. The summed E-state index contributed by atoms with van der Waals surface area (Å²) in [6.07, 6.45) is 1.36. The first-order chi connectivity index (χ1) is 8.61. The van der Waals surface area contributed by atoms with Crippen LogP contribution in [0.3, 0.4) is 0 Å². The van der Waals surface area contributed by atoms with Crippen molar-refractivity contribution in [3.8, 4) is 0 Å². The van der Waals surface area contributed by atoms with Crippen molar-refractivity contribution >= 4 is 11.8 Å². The number of likely N-dealkylation sites (tertiary alicyclic amines) is 1. The molecule has 2 atom stereocenters. The number of piperazine rings is 1. The van der Waals surface area contributed by atoms with Crippen molar-refractivity contribution in [2.75, 3.05) is 32.7 Å².